The number of carbonyl (C=O) groups excluding carboxylic acids is 1. The third-order valence-corrected chi connectivity index (χ3v) is 6.95. The molecular formula is C22H25F3N2O4S. The molecule has 10 heteroatoms. The van der Waals surface area contributed by atoms with Crippen LogP contribution in [0.4, 0.5) is 13.2 Å². The highest BCUT2D eigenvalue weighted by Gasteiger charge is 2.42. The number of ether oxygens (including phenoxy) is 1. The number of methoxy groups -OCH3 is 1. The van der Waals surface area contributed by atoms with E-state index < -0.39 is 28.1 Å². The minimum atomic E-state index is -4.74. The Morgan fingerprint density at radius 2 is 1.72 bits per heavy atom. The van der Waals surface area contributed by atoms with Crippen LogP contribution in [0.2, 0.25) is 0 Å². The lowest BCUT2D eigenvalue weighted by Gasteiger charge is -2.22. The van der Waals surface area contributed by atoms with Crippen molar-refractivity contribution in [2.75, 3.05) is 7.11 Å². The molecule has 1 saturated carbocycles. The van der Waals surface area contributed by atoms with E-state index in [2.05, 4.69) is 4.72 Å². The standard InChI is InChI=1S/C22H25F3N2O4S/c1-14-7-9-15(10-8-14)20(22(23,24)25)26-21(28)16-11-12-18(31-2)19(13-16)32(29,30)27-17-5-3-4-6-17/h7-13,17,20,27H,3-6H2,1-2H3,(H,26,28)/t20-/m0/s1. The largest absolute Gasteiger partial charge is 0.495 e. The quantitative estimate of drug-likeness (QED) is 0.634. The van der Waals surface area contributed by atoms with Gasteiger partial charge in [0.1, 0.15) is 10.6 Å². The minimum absolute atomic E-state index is 0.00190. The molecule has 2 aromatic rings. The maximum Gasteiger partial charge on any atom is 0.412 e. The van der Waals surface area contributed by atoms with Crippen molar-refractivity contribution in [2.45, 2.75) is 55.8 Å². The molecule has 174 valence electrons. The zero-order valence-electron chi connectivity index (χ0n) is 17.7. The van der Waals surface area contributed by atoms with Crippen LogP contribution in [0, 0.1) is 6.92 Å². The van der Waals surface area contributed by atoms with E-state index in [-0.39, 0.29) is 27.8 Å². The maximum atomic E-state index is 13.7. The summed E-state index contributed by atoms with van der Waals surface area (Å²) in [5, 5.41) is 1.98. The molecular weight excluding hydrogens is 445 g/mol. The van der Waals surface area contributed by atoms with Crippen LogP contribution in [0.1, 0.15) is 53.2 Å². The first-order valence-electron chi connectivity index (χ1n) is 10.2. The van der Waals surface area contributed by atoms with Gasteiger partial charge in [-0.3, -0.25) is 4.79 Å². The smallest absolute Gasteiger partial charge is 0.412 e. The predicted molar refractivity (Wildman–Crippen MR) is 113 cm³/mol. The molecule has 3 rings (SSSR count). The number of hydrogen-bond acceptors (Lipinski definition) is 4. The van der Waals surface area contributed by atoms with E-state index in [4.69, 9.17) is 4.74 Å². The van der Waals surface area contributed by atoms with Gasteiger partial charge >= 0.3 is 6.18 Å². The van der Waals surface area contributed by atoms with Gasteiger partial charge in [-0.15, -0.1) is 0 Å². The second-order valence-electron chi connectivity index (χ2n) is 7.83. The molecule has 0 heterocycles. The maximum absolute atomic E-state index is 13.7. The van der Waals surface area contributed by atoms with Crippen LogP contribution >= 0.6 is 0 Å². The number of nitrogens with one attached hydrogen (secondary N) is 2. The molecule has 0 unspecified atom stereocenters. The summed E-state index contributed by atoms with van der Waals surface area (Å²) >= 11 is 0. The molecule has 0 spiro atoms. The van der Waals surface area contributed by atoms with Crippen LogP contribution in [-0.4, -0.2) is 33.7 Å². The second-order valence-corrected chi connectivity index (χ2v) is 9.51. The molecule has 1 aliphatic carbocycles. The summed E-state index contributed by atoms with van der Waals surface area (Å²) in [6, 6.07) is 6.69. The molecule has 0 radical (unpaired) electrons. The number of carbonyl (C=O) groups is 1. The number of aryl methyl sites for hydroxylation is 1. The first kappa shape index (κ1) is 24.1. The molecule has 1 aliphatic rings. The third kappa shape index (κ3) is 5.60. The Bertz CT molecular complexity index is 1060. The van der Waals surface area contributed by atoms with Gasteiger partial charge in [0.25, 0.3) is 5.91 Å². The fraction of sp³-hybridized carbons (Fsp3) is 0.409. The molecule has 0 saturated heterocycles. The van der Waals surface area contributed by atoms with E-state index in [0.717, 1.165) is 24.5 Å². The molecule has 1 amide bonds. The first-order valence-corrected chi connectivity index (χ1v) is 11.6. The van der Waals surface area contributed by atoms with Crippen LogP contribution in [-0.2, 0) is 10.0 Å². The van der Waals surface area contributed by atoms with E-state index in [1.807, 2.05) is 5.32 Å². The number of benzene rings is 2. The Kier molecular flexibility index (Phi) is 7.14. The van der Waals surface area contributed by atoms with Crippen molar-refractivity contribution in [2.24, 2.45) is 0 Å². The van der Waals surface area contributed by atoms with Crippen LogP contribution in [0.3, 0.4) is 0 Å². The number of hydrogen-bond donors (Lipinski definition) is 2. The number of rotatable bonds is 7. The van der Waals surface area contributed by atoms with Crippen molar-refractivity contribution in [3.05, 3.63) is 59.2 Å². The Labute approximate surface area is 185 Å². The van der Waals surface area contributed by atoms with E-state index in [9.17, 15) is 26.4 Å². The van der Waals surface area contributed by atoms with Crippen LogP contribution in [0.5, 0.6) is 5.75 Å². The van der Waals surface area contributed by atoms with E-state index in [0.29, 0.717) is 12.8 Å². The van der Waals surface area contributed by atoms with Crippen molar-refractivity contribution in [3.8, 4) is 5.75 Å². The van der Waals surface area contributed by atoms with Crippen molar-refractivity contribution in [3.63, 3.8) is 0 Å². The lowest BCUT2D eigenvalue weighted by molar-refractivity contribution is -0.155. The summed E-state index contributed by atoms with van der Waals surface area (Å²) in [6.45, 7) is 1.74. The lowest BCUT2D eigenvalue weighted by Crippen LogP contribution is -2.38. The molecule has 6 nitrogen and oxygen atoms in total. The number of alkyl halides is 3. The first-order chi connectivity index (χ1) is 15.0. The van der Waals surface area contributed by atoms with Crippen LogP contribution < -0.4 is 14.8 Å². The molecule has 32 heavy (non-hydrogen) atoms. The molecule has 0 bridgehead atoms. The van der Waals surface area contributed by atoms with Crippen molar-refractivity contribution < 1.29 is 31.1 Å². The fourth-order valence-electron chi connectivity index (χ4n) is 3.68. The average molecular weight is 471 g/mol. The van der Waals surface area contributed by atoms with Gasteiger partial charge in [0.2, 0.25) is 10.0 Å². The molecule has 1 atom stereocenters. The van der Waals surface area contributed by atoms with Gasteiger partial charge in [-0.1, -0.05) is 42.7 Å². The summed E-state index contributed by atoms with van der Waals surface area (Å²) in [4.78, 5) is 12.4. The predicted octanol–water partition coefficient (Wildman–Crippen LogP) is 4.26. The van der Waals surface area contributed by atoms with E-state index >= 15 is 0 Å². The zero-order chi connectivity index (χ0) is 23.5. The Balaban J connectivity index is 1.90. The SMILES string of the molecule is COc1ccc(C(=O)N[C@@H](c2ccc(C)cc2)C(F)(F)F)cc1S(=O)(=O)NC1CCCC1. The van der Waals surface area contributed by atoms with Gasteiger partial charge in [0.05, 0.1) is 7.11 Å². The van der Waals surface area contributed by atoms with Gasteiger partial charge in [-0.05, 0) is 43.5 Å². The second kappa shape index (κ2) is 9.50. The fourth-order valence-corrected chi connectivity index (χ4v) is 5.18. The normalized spacial score (nSPS) is 16.0. The van der Waals surface area contributed by atoms with Crippen molar-refractivity contribution >= 4 is 15.9 Å². The zero-order valence-corrected chi connectivity index (χ0v) is 18.5. The average Bonchev–Trinajstić information content (AvgIpc) is 3.23. The Morgan fingerprint density at radius 1 is 1.09 bits per heavy atom. The molecule has 1 fully saturated rings. The Hall–Kier alpha value is -2.59. The van der Waals surface area contributed by atoms with Crippen LogP contribution in [0.15, 0.2) is 47.4 Å². The molecule has 2 aromatic carbocycles. The number of amides is 1. The van der Waals surface area contributed by atoms with Gasteiger partial charge in [0.15, 0.2) is 6.04 Å². The Morgan fingerprint density at radius 3 is 2.28 bits per heavy atom. The molecule has 0 aliphatic heterocycles. The molecule has 2 N–H and O–H groups in total. The van der Waals surface area contributed by atoms with Crippen LogP contribution in [0.25, 0.3) is 0 Å². The summed E-state index contributed by atoms with van der Waals surface area (Å²) in [6.07, 6.45) is -1.53. The number of sulfonamides is 1. The number of halogens is 3. The monoisotopic (exact) mass is 470 g/mol. The highest BCUT2D eigenvalue weighted by Crippen LogP contribution is 2.33. The third-order valence-electron chi connectivity index (χ3n) is 5.41. The highest BCUT2D eigenvalue weighted by atomic mass is 32.2. The van der Waals surface area contributed by atoms with E-state index in [1.54, 1.807) is 6.92 Å². The van der Waals surface area contributed by atoms with E-state index in [1.165, 1.54) is 43.5 Å². The summed E-state index contributed by atoms with van der Waals surface area (Å²) < 4.78 is 74.4. The molecule has 0 aromatic heterocycles. The lowest BCUT2D eigenvalue weighted by atomic mass is 10.0. The van der Waals surface area contributed by atoms with Gasteiger partial charge < -0.3 is 10.1 Å². The highest BCUT2D eigenvalue weighted by molar-refractivity contribution is 7.89. The summed E-state index contributed by atoms with van der Waals surface area (Å²) in [5.41, 5.74) is 0.431. The summed E-state index contributed by atoms with van der Waals surface area (Å²) in [5.74, 6) is -1.05. The van der Waals surface area contributed by atoms with Gasteiger partial charge in [0, 0.05) is 11.6 Å². The van der Waals surface area contributed by atoms with Gasteiger partial charge in [-0.2, -0.15) is 13.2 Å². The summed E-state index contributed by atoms with van der Waals surface area (Å²) in [7, 11) is -2.75. The van der Waals surface area contributed by atoms with Gasteiger partial charge in [-0.25, -0.2) is 13.1 Å². The van der Waals surface area contributed by atoms with Crippen molar-refractivity contribution in [1.82, 2.24) is 10.0 Å². The van der Waals surface area contributed by atoms with Crippen molar-refractivity contribution in [1.29, 1.82) is 0 Å². The topological polar surface area (TPSA) is 84.5 Å². The minimum Gasteiger partial charge on any atom is -0.495 e.